The number of nitrogens with two attached hydrogens (primary N) is 1. The lowest BCUT2D eigenvalue weighted by Gasteiger charge is -2.43. The topological polar surface area (TPSA) is 58.3 Å². The molecule has 104 valence electrons. The van der Waals surface area contributed by atoms with Gasteiger partial charge in [-0.3, -0.25) is 4.90 Å². The highest BCUT2D eigenvalue weighted by Gasteiger charge is 2.32. The van der Waals surface area contributed by atoms with E-state index in [2.05, 4.69) is 39.9 Å². The molecule has 1 saturated heterocycles. The minimum atomic E-state index is -0.223. The molecule has 0 radical (unpaired) electrons. The van der Waals surface area contributed by atoms with Crippen LogP contribution in [0.25, 0.3) is 0 Å². The van der Waals surface area contributed by atoms with Gasteiger partial charge in [0.05, 0.1) is 16.7 Å². The van der Waals surface area contributed by atoms with Gasteiger partial charge in [0, 0.05) is 26.2 Å². The van der Waals surface area contributed by atoms with Gasteiger partial charge >= 0.3 is 0 Å². The van der Waals surface area contributed by atoms with Crippen molar-refractivity contribution in [3.05, 3.63) is 17.8 Å². The quantitative estimate of drug-likeness (QED) is 0.832. The molecular formula is C13H21N5S. The van der Waals surface area contributed by atoms with Crippen molar-refractivity contribution in [2.45, 2.75) is 26.3 Å². The Hall–Kier alpha value is -1.27. The molecule has 0 amide bonds. The summed E-state index contributed by atoms with van der Waals surface area (Å²) in [5.41, 5.74) is 6.73. The van der Waals surface area contributed by atoms with E-state index in [9.17, 15) is 0 Å². The van der Waals surface area contributed by atoms with Crippen molar-refractivity contribution in [1.82, 2.24) is 15.1 Å². The van der Waals surface area contributed by atoms with Crippen LogP contribution in [0, 0.1) is 6.92 Å². The minimum Gasteiger partial charge on any atom is -0.392 e. The molecule has 0 aliphatic carbocycles. The van der Waals surface area contributed by atoms with Gasteiger partial charge in [-0.1, -0.05) is 12.2 Å². The third kappa shape index (κ3) is 3.01. The molecule has 5 nitrogen and oxygen atoms in total. The fourth-order valence-corrected chi connectivity index (χ4v) is 2.38. The monoisotopic (exact) mass is 279 g/mol. The summed E-state index contributed by atoms with van der Waals surface area (Å²) in [5, 5.41) is 8.20. The molecule has 0 unspecified atom stereocenters. The summed E-state index contributed by atoms with van der Waals surface area (Å²) in [6.07, 6.45) is 1.77. The number of piperazine rings is 1. The molecule has 1 fully saturated rings. The number of rotatable bonds is 3. The van der Waals surface area contributed by atoms with Crippen molar-refractivity contribution < 1.29 is 0 Å². The zero-order chi connectivity index (χ0) is 14.0. The number of anilines is 1. The predicted octanol–water partition coefficient (Wildman–Crippen LogP) is 0.972. The molecule has 0 aromatic carbocycles. The van der Waals surface area contributed by atoms with Crippen LogP contribution in [0.1, 0.15) is 19.4 Å². The van der Waals surface area contributed by atoms with E-state index in [1.807, 2.05) is 6.92 Å². The molecule has 2 rings (SSSR count). The summed E-state index contributed by atoms with van der Waals surface area (Å²) in [6.45, 7) is 9.90. The fourth-order valence-electron chi connectivity index (χ4n) is 2.25. The summed E-state index contributed by atoms with van der Waals surface area (Å²) >= 11 is 5.15. The molecule has 0 bridgehead atoms. The highest BCUT2D eigenvalue weighted by molar-refractivity contribution is 7.80. The molecule has 19 heavy (non-hydrogen) atoms. The van der Waals surface area contributed by atoms with Crippen LogP contribution in [0.2, 0.25) is 0 Å². The summed E-state index contributed by atoms with van der Waals surface area (Å²) in [5.74, 6) is 0.952. The number of hydrogen-bond acceptors (Lipinski definition) is 5. The maximum absolute atomic E-state index is 5.82. The Labute approximate surface area is 119 Å². The first kappa shape index (κ1) is 14.1. The summed E-state index contributed by atoms with van der Waals surface area (Å²) in [4.78, 5) is 5.14. The van der Waals surface area contributed by atoms with Crippen molar-refractivity contribution in [2.75, 3.05) is 31.1 Å². The van der Waals surface area contributed by atoms with E-state index in [1.165, 1.54) is 0 Å². The Kier molecular flexibility index (Phi) is 4.01. The molecule has 0 spiro atoms. The van der Waals surface area contributed by atoms with Gasteiger partial charge in [-0.15, -0.1) is 5.10 Å². The number of hydrogen-bond donors (Lipinski definition) is 1. The first-order chi connectivity index (χ1) is 8.91. The van der Waals surface area contributed by atoms with Gasteiger partial charge in [-0.25, -0.2) is 0 Å². The molecule has 2 N–H and O–H groups in total. The van der Waals surface area contributed by atoms with Crippen molar-refractivity contribution in [2.24, 2.45) is 5.73 Å². The van der Waals surface area contributed by atoms with E-state index in [0.717, 1.165) is 37.6 Å². The Morgan fingerprint density at radius 1 is 1.32 bits per heavy atom. The third-order valence-electron chi connectivity index (χ3n) is 3.78. The highest BCUT2D eigenvalue weighted by atomic mass is 32.1. The lowest BCUT2D eigenvalue weighted by atomic mass is 10.0. The first-order valence-electron chi connectivity index (χ1n) is 6.50. The molecular weight excluding hydrogens is 258 g/mol. The number of aromatic nitrogens is 2. The van der Waals surface area contributed by atoms with Crippen LogP contribution in [-0.2, 0) is 0 Å². The van der Waals surface area contributed by atoms with Gasteiger partial charge in [0.25, 0.3) is 0 Å². The van der Waals surface area contributed by atoms with E-state index >= 15 is 0 Å². The average Bonchev–Trinajstić information content (AvgIpc) is 2.38. The Morgan fingerprint density at radius 3 is 2.47 bits per heavy atom. The molecule has 1 aliphatic rings. The van der Waals surface area contributed by atoms with Gasteiger partial charge in [0.1, 0.15) is 0 Å². The Morgan fingerprint density at radius 2 is 1.95 bits per heavy atom. The van der Waals surface area contributed by atoms with Crippen LogP contribution < -0.4 is 10.6 Å². The Bertz CT molecular complexity index is 466. The molecule has 1 aliphatic heterocycles. The normalized spacial score (nSPS) is 17.5. The van der Waals surface area contributed by atoms with Crippen molar-refractivity contribution in [1.29, 1.82) is 0 Å². The van der Waals surface area contributed by atoms with E-state index in [0.29, 0.717) is 4.99 Å². The van der Waals surface area contributed by atoms with Crippen LogP contribution in [-0.4, -0.2) is 51.8 Å². The van der Waals surface area contributed by atoms with Crippen LogP contribution in [0.4, 0.5) is 5.82 Å². The SMILES string of the molecule is Cc1cnnc(N2CCN(C(C)(C)C(N)=S)CC2)c1. The zero-order valence-electron chi connectivity index (χ0n) is 11.8. The molecule has 0 atom stereocenters. The van der Waals surface area contributed by atoms with Gasteiger partial charge in [-0.05, 0) is 32.4 Å². The van der Waals surface area contributed by atoms with Crippen molar-refractivity contribution in [3.8, 4) is 0 Å². The largest absolute Gasteiger partial charge is 0.392 e. The third-order valence-corrected chi connectivity index (χ3v) is 4.28. The van der Waals surface area contributed by atoms with Crippen molar-refractivity contribution in [3.63, 3.8) is 0 Å². The van der Waals surface area contributed by atoms with Crippen LogP contribution >= 0.6 is 12.2 Å². The van der Waals surface area contributed by atoms with Gasteiger partial charge in [0.2, 0.25) is 0 Å². The fraction of sp³-hybridized carbons (Fsp3) is 0.615. The maximum Gasteiger partial charge on any atom is 0.151 e. The second-order valence-electron chi connectivity index (χ2n) is 5.49. The average molecular weight is 279 g/mol. The van der Waals surface area contributed by atoms with Crippen LogP contribution in [0.15, 0.2) is 12.3 Å². The van der Waals surface area contributed by atoms with Gasteiger partial charge in [-0.2, -0.15) is 5.10 Å². The smallest absolute Gasteiger partial charge is 0.151 e. The summed E-state index contributed by atoms with van der Waals surface area (Å²) in [6, 6.07) is 2.07. The second kappa shape index (κ2) is 5.38. The number of aryl methyl sites for hydroxylation is 1. The highest BCUT2D eigenvalue weighted by Crippen LogP contribution is 2.20. The second-order valence-corrected chi connectivity index (χ2v) is 5.93. The maximum atomic E-state index is 5.82. The van der Waals surface area contributed by atoms with Crippen molar-refractivity contribution >= 4 is 23.0 Å². The molecule has 1 aromatic rings. The van der Waals surface area contributed by atoms with Crippen LogP contribution in [0.5, 0.6) is 0 Å². The molecule has 2 heterocycles. The lowest BCUT2D eigenvalue weighted by Crippen LogP contribution is -2.59. The van der Waals surface area contributed by atoms with E-state index in [1.54, 1.807) is 6.20 Å². The summed E-state index contributed by atoms with van der Waals surface area (Å²) in [7, 11) is 0. The van der Waals surface area contributed by atoms with Gasteiger partial charge in [0.15, 0.2) is 5.82 Å². The minimum absolute atomic E-state index is 0.223. The van der Waals surface area contributed by atoms with E-state index in [-0.39, 0.29) is 5.54 Å². The molecule has 6 heteroatoms. The van der Waals surface area contributed by atoms with E-state index in [4.69, 9.17) is 18.0 Å². The standard InChI is InChI=1S/C13H21N5S/c1-10-8-11(16-15-9-10)17-4-6-18(7-5-17)13(2,3)12(14)19/h8-9H,4-7H2,1-3H3,(H2,14,19). The molecule has 1 aromatic heterocycles. The number of thiocarbonyl (C=S) groups is 1. The Balaban J connectivity index is 2.02. The molecule has 0 saturated carbocycles. The predicted molar refractivity (Wildman–Crippen MR) is 81.4 cm³/mol. The first-order valence-corrected chi connectivity index (χ1v) is 6.91. The van der Waals surface area contributed by atoms with Crippen LogP contribution in [0.3, 0.4) is 0 Å². The number of nitrogens with zero attached hydrogens (tertiary/aromatic N) is 4. The van der Waals surface area contributed by atoms with E-state index < -0.39 is 0 Å². The summed E-state index contributed by atoms with van der Waals surface area (Å²) < 4.78 is 0. The zero-order valence-corrected chi connectivity index (χ0v) is 12.6. The van der Waals surface area contributed by atoms with Gasteiger partial charge < -0.3 is 10.6 Å². The lowest BCUT2D eigenvalue weighted by molar-refractivity contribution is 0.168.